The molecule has 0 fully saturated rings. The topological polar surface area (TPSA) is 84.0 Å². The van der Waals surface area contributed by atoms with Crippen molar-refractivity contribution in [2.24, 2.45) is 4.99 Å². The number of hydrogen-bond acceptors (Lipinski definition) is 6. The fourth-order valence-electron chi connectivity index (χ4n) is 3.48. The van der Waals surface area contributed by atoms with Crippen LogP contribution in [0.25, 0.3) is 5.65 Å². The van der Waals surface area contributed by atoms with Crippen LogP contribution in [0.2, 0.25) is 0 Å². The van der Waals surface area contributed by atoms with Gasteiger partial charge in [0, 0.05) is 11.9 Å². The average molecular weight is 397 g/mol. The molecule has 2 atom stereocenters. The fraction of sp³-hybridized carbons (Fsp3) is 0.381. The molecule has 0 spiro atoms. The Hall–Kier alpha value is -3.00. The van der Waals surface area contributed by atoms with Crippen molar-refractivity contribution in [3.05, 3.63) is 59.3 Å². The van der Waals surface area contributed by atoms with Crippen molar-refractivity contribution in [2.75, 3.05) is 0 Å². The second kappa shape index (κ2) is 8.16. The molecule has 29 heavy (non-hydrogen) atoms. The van der Waals surface area contributed by atoms with Crippen LogP contribution in [0.4, 0.5) is 4.39 Å². The molecule has 4 rings (SSSR count). The van der Waals surface area contributed by atoms with Crippen LogP contribution in [0.5, 0.6) is 5.75 Å². The highest BCUT2D eigenvalue weighted by Gasteiger charge is 2.22. The standard InChI is InChI=1S/C21H24FN5O2/c1-3-4-5-19-25-20(26-29-19)17-12-23-27-9-8-15(24-21(17)27)10-13(2)16-11-14(22)6-7-18(16)28/h6-9,11-13,19,28H,3-5,10H2,1-2H3,(H,25,26)/t13-,19?/m0/s1. The molecule has 0 saturated heterocycles. The predicted molar refractivity (Wildman–Crippen MR) is 107 cm³/mol. The highest BCUT2D eigenvalue weighted by molar-refractivity contribution is 6.03. The minimum atomic E-state index is -0.367. The van der Waals surface area contributed by atoms with Crippen LogP contribution in [-0.2, 0) is 11.3 Å². The number of aliphatic imine (C=N–C) groups is 1. The maximum Gasteiger partial charge on any atom is 0.177 e. The summed E-state index contributed by atoms with van der Waals surface area (Å²) in [4.78, 5) is 14.9. The SMILES string of the molecule is CCCCC1N=C(c2cnn3ccc(C[C@H](C)c4cc(F)ccc4O)nc23)NO1. The number of nitrogens with one attached hydrogen (secondary N) is 1. The number of rotatable bonds is 7. The third-order valence-corrected chi connectivity index (χ3v) is 5.09. The van der Waals surface area contributed by atoms with E-state index in [2.05, 4.69) is 22.5 Å². The van der Waals surface area contributed by atoms with E-state index in [9.17, 15) is 9.50 Å². The van der Waals surface area contributed by atoms with Crippen molar-refractivity contribution in [3.63, 3.8) is 0 Å². The van der Waals surface area contributed by atoms with Crippen LogP contribution in [0.15, 0.2) is 41.7 Å². The smallest absolute Gasteiger partial charge is 0.177 e. The van der Waals surface area contributed by atoms with Crippen LogP contribution in [0, 0.1) is 5.82 Å². The van der Waals surface area contributed by atoms with Gasteiger partial charge in [0.2, 0.25) is 0 Å². The Balaban J connectivity index is 1.58. The predicted octanol–water partition coefficient (Wildman–Crippen LogP) is 3.72. The summed E-state index contributed by atoms with van der Waals surface area (Å²) in [5.74, 6) is 0.246. The van der Waals surface area contributed by atoms with Crippen LogP contribution in [0.1, 0.15) is 55.8 Å². The molecule has 0 saturated carbocycles. The zero-order valence-electron chi connectivity index (χ0n) is 16.5. The molecule has 1 unspecified atom stereocenters. The number of phenols is 1. The zero-order chi connectivity index (χ0) is 20.4. The van der Waals surface area contributed by atoms with Crippen LogP contribution in [0.3, 0.4) is 0 Å². The molecule has 2 N–H and O–H groups in total. The second-order valence-corrected chi connectivity index (χ2v) is 7.35. The molecule has 0 bridgehead atoms. The third kappa shape index (κ3) is 4.07. The fourth-order valence-corrected chi connectivity index (χ4v) is 3.48. The first-order chi connectivity index (χ1) is 14.0. The number of amidine groups is 1. The first-order valence-corrected chi connectivity index (χ1v) is 9.86. The molecule has 0 aliphatic carbocycles. The minimum Gasteiger partial charge on any atom is -0.508 e. The summed E-state index contributed by atoms with van der Waals surface area (Å²) in [6.07, 6.45) is 6.90. The van der Waals surface area contributed by atoms with Crippen LogP contribution < -0.4 is 5.48 Å². The lowest BCUT2D eigenvalue weighted by atomic mass is 9.95. The van der Waals surface area contributed by atoms with E-state index in [0.717, 1.165) is 30.5 Å². The van der Waals surface area contributed by atoms with Gasteiger partial charge in [-0.1, -0.05) is 20.3 Å². The maximum atomic E-state index is 13.6. The van der Waals surface area contributed by atoms with Gasteiger partial charge in [-0.15, -0.1) is 0 Å². The number of aromatic nitrogens is 3. The summed E-state index contributed by atoms with van der Waals surface area (Å²) in [6.45, 7) is 4.07. The highest BCUT2D eigenvalue weighted by atomic mass is 19.1. The molecule has 1 aliphatic rings. The Labute approximate surface area is 168 Å². The molecule has 0 amide bonds. The lowest BCUT2D eigenvalue weighted by Gasteiger charge is -2.13. The molecule has 8 heteroatoms. The van der Waals surface area contributed by atoms with Gasteiger partial charge in [-0.2, -0.15) is 5.10 Å². The summed E-state index contributed by atoms with van der Waals surface area (Å²) in [5, 5.41) is 14.4. The Kier molecular flexibility index (Phi) is 5.44. The number of hydrogen-bond donors (Lipinski definition) is 2. The van der Waals surface area contributed by atoms with Crippen LogP contribution in [-0.4, -0.2) is 31.8 Å². The highest BCUT2D eigenvalue weighted by Crippen LogP contribution is 2.29. The monoisotopic (exact) mass is 397 g/mol. The Bertz CT molecular complexity index is 1050. The van der Waals surface area contributed by atoms with Crippen molar-refractivity contribution in [3.8, 4) is 5.75 Å². The summed E-state index contributed by atoms with van der Waals surface area (Å²) < 4.78 is 15.3. The molecule has 3 heterocycles. The number of halogens is 1. The van der Waals surface area contributed by atoms with E-state index in [1.807, 2.05) is 19.2 Å². The molecular formula is C21H24FN5O2. The Morgan fingerprint density at radius 3 is 3.03 bits per heavy atom. The summed E-state index contributed by atoms with van der Waals surface area (Å²) in [5.41, 5.74) is 5.71. The van der Waals surface area contributed by atoms with Crippen LogP contribution >= 0.6 is 0 Å². The first-order valence-electron chi connectivity index (χ1n) is 9.86. The second-order valence-electron chi connectivity index (χ2n) is 7.35. The zero-order valence-corrected chi connectivity index (χ0v) is 16.5. The number of aromatic hydroxyl groups is 1. The van der Waals surface area contributed by atoms with Gasteiger partial charge in [-0.05, 0) is 55.0 Å². The van der Waals surface area contributed by atoms with E-state index in [1.165, 1.54) is 18.2 Å². The minimum absolute atomic E-state index is 0.0878. The Morgan fingerprint density at radius 2 is 2.21 bits per heavy atom. The number of phenolic OH excluding ortho intramolecular Hbond substituents is 1. The number of nitrogens with zero attached hydrogens (tertiary/aromatic N) is 4. The lowest BCUT2D eigenvalue weighted by Crippen LogP contribution is -2.19. The van der Waals surface area contributed by atoms with E-state index in [0.29, 0.717) is 23.5 Å². The van der Waals surface area contributed by atoms with Crippen molar-refractivity contribution in [1.29, 1.82) is 0 Å². The maximum absolute atomic E-state index is 13.6. The molecular weight excluding hydrogens is 373 g/mol. The average Bonchev–Trinajstić information content (AvgIpc) is 3.34. The van der Waals surface area contributed by atoms with Crippen molar-refractivity contribution >= 4 is 11.5 Å². The number of hydroxylamine groups is 1. The van der Waals surface area contributed by atoms with E-state index in [4.69, 9.17) is 9.82 Å². The quantitative estimate of drug-likeness (QED) is 0.635. The van der Waals surface area contributed by atoms with Gasteiger partial charge >= 0.3 is 0 Å². The molecule has 152 valence electrons. The molecule has 3 aromatic rings. The van der Waals surface area contributed by atoms with Crippen molar-refractivity contribution in [1.82, 2.24) is 20.1 Å². The lowest BCUT2D eigenvalue weighted by molar-refractivity contribution is 0.0322. The molecule has 7 nitrogen and oxygen atoms in total. The number of unbranched alkanes of at least 4 members (excludes halogenated alkanes) is 1. The third-order valence-electron chi connectivity index (χ3n) is 5.09. The van der Waals surface area contributed by atoms with Gasteiger partial charge in [-0.25, -0.2) is 29.2 Å². The van der Waals surface area contributed by atoms with Gasteiger partial charge in [0.15, 0.2) is 17.7 Å². The van der Waals surface area contributed by atoms with E-state index in [1.54, 1.807) is 10.7 Å². The number of fused-ring (bicyclic) bond motifs is 1. The van der Waals surface area contributed by atoms with Crippen molar-refractivity contribution in [2.45, 2.75) is 51.7 Å². The van der Waals surface area contributed by atoms with E-state index in [-0.39, 0.29) is 23.7 Å². The molecule has 2 aromatic heterocycles. The molecule has 1 aromatic carbocycles. The van der Waals surface area contributed by atoms with E-state index < -0.39 is 0 Å². The van der Waals surface area contributed by atoms with Gasteiger partial charge < -0.3 is 5.11 Å². The molecule has 1 aliphatic heterocycles. The largest absolute Gasteiger partial charge is 0.508 e. The Morgan fingerprint density at radius 1 is 1.34 bits per heavy atom. The summed E-state index contributed by atoms with van der Waals surface area (Å²) >= 11 is 0. The van der Waals surface area contributed by atoms with Gasteiger partial charge in [0.05, 0.1) is 11.8 Å². The number of benzene rings is 1. The van der Waals surface area contributed by atoms with Gasteiger partial charge in [-0.3, -0.25) is 0 Å². The van der Waals surface area contributed by atoms with E-state index >= 15 is 0 Å². The summed E-state index contributed by atoms with van der Waals surface area (Å²) in [7, 11) is 0. The summed E-state index contributed by atoms with van der Waals surface area (Å²) in [6, 6.07) is 5.88. The normalized spacial score (nSPS) is 17.3. The van der Waals surface area contributed by atoms with Crippen molar-refractivity contribution < 1.29 is 14.3 Å². The van der Waals surface area contributed by atoms with Gasteiger partial charge in [0.25, 0.3) is 0 Å². The first kappa shape index (κ1) is 19.3. The molecule has 0 radical (unpaired) electrons. The van der Waals surface area contributed by atoms with Gasteiger partial charge in [0.1, 0.15) is 11.6 Å².